The Morgan fingerprint density at radius 2 is 1.75 bits per heavy atom. The fourth-order valence-corrected chi connectivity index (χ4v) is 3.94. The van der Waals surface area contributed by atoms with Crippen molar-refractivity contribution in [3.05, 3.63) is 35.9 Å². The van der Waals surface area contributed by atoms with Gasteiger partial charge < -0.3 is 20.0 Å². The van der Waals surface area contributed by atoms with Gasteiger partial charge >= 0.3 is 6.03 Å². The molecule has 3 rings (SSSR count). The molecule has 152 valence electrons. The number of piperidine rings is 2. The lowest BCUT2D eigenvalue weighted by atomic mass is 9.94. The van der Waals surface area contributed by atoms with Crippen molar-refractivity contribution >= 4 is 17.8 Å². The van der Waals surface area contributed by atoms with E-state index >= 15 is 0 Å². The fraction of sp³-hybridized carbons (Fsp3) is 0.571. The van der Waals surface area contributed by atoms with Crippen LogP contribution in [0, 0.1) is 5.92 Å². The maximum atomic E-state index is 12.8. The maximum Gasteiger partial charge on any atom is 0.319 e. The van der Waals surface area contributed by atoms with Gasteiger partial charge in [0.05, 0.1) is 0 Å². The lowest BCUT2D eigenvalue weighted by Crippen LogP contribution is -2.54. The van der Waals surface area contributed by atoms with Crippen LogP contribution in [0.1, 0.15) is 31.2 Å². The van der Waals surface area contributed by atoms with Crippen LogP contribution in [-0.2, 0) is 16.1 Å². The number of rotatable bonds is 4. The summed E-state index contributed by atoms with van der Waals surface area (Å²) >= 11 is 0. The zero-order chi connectivity index (χ0) is 20.1. The van der Waals surface area contributed by atoms with Gasteiger partial charge in [0.2, 0.25) is 11.8 Å². The van der Waals surface area contributed by atoms with Gasteiger partial charge in [0, 0.05) is 46.2 Å². The van der Waals surface area contributed by atoms with E-state index in [0.29, 0.717) is 38.9 Å². The first-order valence-corrected chi connectivity index (χ1v) is 10.0. The normalized spacial score (nSPS) is 20.8. The molecule has 1 aromatic carbocycles. The first-order valence-electron chi connectivity index (χ1n) is 10.0. The number of carbonyl (C=O) groups excluding carboxylic acids is 3. The van der Waals surface area contributed by atoms with Gasteiger partial charge in [-0.25, -0.2) is 4.79 Å². The fourth-order valence-electron chi connectivity index (χ4n) is 3.94. The molecule has 0 radical (unpaired) electrons. The predicted molar refractivity (Wildman–Crippen MR) is 106 cm³/mol. The summed E-state index contributed by atoms with van der Waals surface area (Å²) in [5.74, 6) is -0.191. The second-order valence-electron chi connectivity index (χ2n) is 7.89. The maximum absolute atomic E-state index is 12.8. The summed E-state index contributed by atoms with van der Waals surface area (Å²) in [5.41, 5.74) is 1.10. The van der Waals surface area contributed by atoms with Crippen molar-refractivity contribution in [1.82, 2.24) is 20.0 Å². The minimum Gasteiger partial charge on any atom is -0.344 e. The Morgan fingerprint density at radius 3 is 2.39 bits per heavy atom. The zero-order valence-corrected chi connectivity index (χ0v) is 16.8. The zero-order valence-electron chi connectivity index (χ0n) is 16.8. The van der Waals surface area contributed by atoms with Crippen LogP contribution < -0.4 is 5.32 Å². The van der Waals surface area contributed by atoms with E-state index in [1.807, 2.05) is 35.2 Å². The third kappa shape index (κ3) is 4.82. The van der Waals surface area contributed by atoms with Gasteiger partial charge in [-0.1, -0.05) is 30.3 Å². The van der Waals surface area contributed by atoms with Crippen LogP contribution in [0.15, 0.2) is 30.3 Å². The van der Waals surface area contributed by atoms with Crippen molar-refractivity contribution < 1.29 is 14.4 Å². The highest BCUT2D eigenvalue weighted by molar-refractivity contribution is 5.89. The molecule has 28 heavy (non-hydrogen) atoms. The van der Waals surface area contributed by atoms with Crippen LogP contribution in [0.3, 0.4) is 0 Å². The third-order valence-corrected chi connectivity index (χ3v) is 5.58. The molecule has 0 aliphatic carbocycles. The molecule has 1 atom stereocenters. The molecule has 4 amide bonds. The molecule has 2 heterocycles. The van der Waals surface area contributed by atoms with Gasteiger partial charge in [0.15, 0.2) is 0 Å². The average molecular weight is 386 g/mol. The highest BCUT2D eigenvalue weighted by atomic mass is 16.2. The Morgan fingerprint density at radius 1 is 1.07 bits per heavy atom. The molecule has 7 heteroatoms. The summed E-state index contributed by atoms with van der Waals surface area (Å²) in [6.07, 6.45) is 2.85. The van der Waals surface area contributed by atoms with Crippen molar-refractivity contribution in [2.24, 2.45) is 5.92 Å². The summed E-state index contributed by atoms with van der Waals surface area (Å²) in [6.45, 7) is 2.46. The first-order chi connectivity index (χ1) is 13.5. The second kappa shape index (κ2) is 9.08. The van der Waals surface area contributed by atoms with Gasteiger partial charge in [-0.15, -0.1) is 0 Å². The minimum atomic E-state index is -0.439. The number of carbonyl (C=O) groups is 3. The van der Waals surface area contributed by atoms with E-state index < -0.39 is 6.04 Å². The number of hydrogen-bond donors (Lipinski definition) is 1. The SMILES string of the molecule is CN(C)C(=O)N1CCC(C(=O)NC2CCCN(Cc3ccccc3)C2=O)CC1. The standard InChI is InChI=1S/C21H30N4O3/c1-23(2)21(28)24-13-10-17(11-14-24)19(26)22-18-9-6-12-25(20(18)27)15-16-7-4-3-5-8-16/h3-5,7-8,17-18H,6,9-15H2,1-2H3,(H,22,26). The van der Waals surface area contributed by atoms with Gasteiger partial charge in [0.1, 0.15) is 6.04 Å². The number of benzene rings is 1. The molecular weight excluding hydrogens is 356 g/mol. The smallest absolute Gasteiger partial charge is 0.319 e. The second-order valence-corrected chi connectivity index (χ2v) is 7.89. The molecule has 1 aromatic rings. The summed E-state index contributed by atoms with van der Waals surface area (Å²) in [6, 6.07) is 9.47. The quantitative estimate of drug-likeness (QED) is 0.856. The summed E-state index contributed by atoms with van der Waals surface area (Å²) < 4.78 is 0. The van der Waals surface area contributed by atoms with Crippen LogP contribution in [0.5, 0.6) is 0 Å². The average Bonchev–Trinajstić information content (AvgIpc) is 2.71. The predicted octanol–water partition coefficient (Wildman–Crippen LogP) is 1.69. The van der Waals surface area contributed by atoms with Crippen molar-refractivity contribution in [3.8, 4) is 0 Å². The number of nitrogens with zero attached hydrogens (tertiary/aromatic N) is 3. The van der Waals surface area contributed by atoms with E-state index in [-0.39, 0.29) is 23.8 Å². The monoisotopic (exact) mass is 386 g/mol. The van der Waals surface area contributed by atoms with E-state index in [0.717, 1.165) is 18.5 Å². The Balaban J connectivity index is 1.51. The third-order valence-electron chi connectivity index (χ3n) is 5.58. The van der Waals surface area contributed by atoms with Crippen LogP contribution in [0.4, 0.5) is 4.79 Å². The Kier molecular flexibility index (Phi) is 6.54. The first kappa shape index (κ1) is 20.2. The number of amides is 4. The molecule has 1 N–H and O–H groups in total. The number of nitrogens with one attached hydrogen (secondary N) is 1. The van der Waals surface area contributed by atoms with Gasteiger partial charge in [-0.3, -0.25) is 9.59 Å². The number of hydrogen-bond acceptors (Lipinski definition) is 3. The molecule has 2 aliphatic rings. The van der Waals surface area contributed by atoms with Crippen LogP contribution in [0.25, 0.3) is 0 Å². The Bertz CT molecular complexity index is 699. The van der Waals surface area contributed by atoms with E-state index in [1.54, 1.807) is 23.9 Å². The number of urea groups is 1. The summed E-state index contributed by atoms with van der Waals surface area (Å²) in [5, 5.41) is 2.98. The highest BCUT2D eigenvalue weighted by Crippen LogP contribution is 2.20. The largest absolute Gasteiger partial charge is 0.344 e. The van der Waals surface area contributed by atoms with E-state index in [2.05, 4.69) is 5.32 Å². The lowest BCUT2D eigenvalue weighted by molar-refractivity contribution is -0.140. The highest BCUT2D eigenvalue weighted by Gasteiger charge is 2.33. The molecule has 1 unspecified atom stereocenters. The molecule has 2 saturated heterocycles. The molecule has 0 spiro atoms. The molecule has 2 aliphatic heterocycles. The molecule has 0 saturated carbocycles. The van der Waals surface area contributed by atoms with Crippen molar-refractivity contribution in [3.63, 3.8) is 0 Å². The van der Waals surface area contributed by atoms with Crippen molar-refractivity contribution in [2.45, 2.75) is 38.3 Å². The van der Waals surface area contributed by atoms with E-state index in [1.165, 1.54) is 0 Å². The number of likely N-dealkylation sites (tertiary alicyclic amines) is 2. The van der Waals surface area contributed by atoms with Gasteiger partial charge in [0.25, 0.3) is 0 Å². The van der Waals surface area contributed by atoms with Gasteiger partial charge in [-0.2, -0.15) is 0 Å². The van der Waals surface area contributed by atoms with Crippen molar-refractivity contribution in [1.29, 1.82) is 0 Å². The summed E-state index contributed by atoms with van der Waals surface area (Å²) in [4.78, 5) is 42.7. The molecule has 0 aromatic heterocycles. The molecule has 0 bridgehead atoms. The molecule has 7 nitrogen and oxygen atoms in total. The van der Waals surface area contributed by atoms with E-state index in [4.69, 9.17) is 0 Å². The molecule has 2 fully saturated rings. The van der Waals surface area contributed by atoms with E-state index in [9.17, 15) is 14.4 Å². The van der Waals surface area contributed by atoms with Crippen LogP contribution >= 0.6 is 0 Å². The van der Waals surface area contributed by atoms with Crippen molar-refractivity contribution in [2.75, 3.05) is 33.7 Å². The van der Waals surface area contributed by atoms with Crippen LogP contribution in [0.2, 0.25) is 0 Å². The summed E-state index contributed by atoms with van der Waals surface area (Å²) in [7, 11) is 3.47. The van der Waals surface area contributed by atoms with Crippen LogP contribution in [-0.4, -0.2) is 72.3 Å². The minimum absolute atomic E-state index is 0.00340. The Labute approximate surface area is 166 Å². The Hall–Kier alpha value is -2.57. The molecular formula is C21H30N4O3. The van der Waals surface area contributed by atoms with Gasteiger partial charge in [-0.05, 0) is 31.2 Å². The topological polar surface area (TPSA) is 73.0 Å². The lowest BCUT2D eigenvalue weighted by Gasteiger charge is -2.35.